The molecule has 0 unspecified atom stereocenters. The third-order valence-corrected chi connectivity index (χ3v) is 7.66. The van der Waals surface area contributed by atoms with Gasteiger partial charge in [-0.2, -0.15) is 0 Å². The van der Waals surface area contributed by atoms with Gasteiger partial charge in [0.15, 0.2) is 0 Å². The summed E-state index contributed by atoms with van der Waals surface area (Å²) in [6.45, 7) is 1.99. The number of esters is 1. The van der Waals surface area contributed by atoms with E-state index in [1.165, 1.54) is 29.5 Å². The number of anilines is 2. The molecule has 0 radical (unpaired) electrons. The van der Waals surface area contributed by atoms with E-state index in [4.69, 9.17) is 4.74 Å². The number of benzene rings is 2. The third-order valence-electron chi connectivity index (χ3n) is 5.06. The maximum Gasteiger partial charge on any atom is 0.341 e. The second-order valence-corrected chi connectivity index (χ2v) is 10.0. The van der Waals surface area contributed by atoms with Crippen molar-refractivity contribution in [3.63, 3.8) is 0 Å². The first-order valence-electron chi connectivity index (χ1n) is 10.2. The van der Waals surface area contributed by atoms with Gasteiger partial charge in [-0.25, -0.2) is 13.2 Å². The van der Waals surface area contributed by atoms with E-state index in [0.717, 1.165) is 29.7 Å². The summed E-state index contributed by atoms with van der Waals surface area (Å²) >= 11 is 1.39. The predicted octanol–water partition coefficient (Wildman–Crippen LogP) is 4.47. The molecule has 1 aliphatic carbocycles. The molecule has 9 heteroatoms. The van der Waals surface area contributed by atoms with E-state index >= 15 is 0 Å². The number of ether oxygens (including phenoxy) is 1. The molecule has 0 saturated heterocycles. The van der Waals surface area contributed by atoms with E-state index in [9.17, 15) is 18.0 Å². The molecular formula is C23H22N2O5S2. The van der Waals surface area contributed by atoms with Gasteiger partial charge in [0.05, 0.1) is 17.1 Å². The molecular weight excluding hydrogens is 448 g/mol. The summed E-state index contributed by atoms with van der Waals surface area (Å²) in [5, 5.41) is 3.28. The van der Waals surface area contributed by atoms with Crippen LogP contribution in [0.15, 0.2) is 59.5 Å². The third kappa shape index (κ3) is 4.53. The fraction of sp³-hybridized carbons (Fsp3) is 0.217. The Balaban J connectivity index is 1.56. The molecule has 166 valence electrons. The van der Waals surface area contributed by atoms with Crippen LogP contribution in [0, 0.1) is 0 Å². The molecule has 1 aromatic heterocycles. The maximum absolute atomic E-state index is 12.9. The minimum Gasteiger partial charge on any atom is -0.462 e. The Morgan fingerprint density at radius 1 is 1.06 bits per heavy atom. The fourth-order valence-corrected chi connectivity index (χ4v) is 5.97. The van der Waals surface area contributed by atoms with Crippen molar-refractivity contribution in [2.45, 2.75) is 31.1 Å². The zero-order valence-electron chi connectivity index (χ0n) is 17.4. The average Bonchev–Trinajstić information content (AvgIpc) is 3.35. The molecule has 2 N–H and O–H groups in total. The van der Waals surface area contributed by atoms with E-state index in [1.54, 1.807) is 43.3 Å². The summed E-state index contributed by atoms with van der Waals surface area (Å²) < 4.78 is 32.8. The van der Waals surface area contributed by atoms with Gasteiger partial charge in [-0.3, -0.25) is 9.52 Å². The number of rotatable bonds is 7. The van der Waals surface area contributed by atoms with Crippen LogP contribution in [0.25, 0.3) is 0 Å². The molecule has 3 aromatic rings. The number of fused-ring (bicyclic) bond motifs is 1. The van der Waals surface area contributed by atoms with Gasteiger partial charge in [-0.15, -0.1) is 11.3 Å². The Kier molecular flexibility index (Phi) is 6.29. The molecule has 0 spiro atoms. The Morgan fingerprint density at radius 2 is 1.84 bits per heavy atom. The van der Waals surface area contributed by atoms with E-state index in [-0.39, 0.29) is 22.8 Å². The van der Waals surface area contributed by atoms with Gasteiger partial charge in [0.1, 0.15) is 5.00 Å². The molecule has 7 nitrogen and oxygen atoms in total. The number of hydrogen-bond donors (Lipinski definition) is 2. The van der Waals surface area contributed by atoms with Crippen molar-refractivity contribution in [2.24, 2.45) is 0 Å². The largest absolute Gasteiger partial charge is 0.462 e. The summed E-state index contributed by atoms with van der Waals surface area (Å²) in [4.78, 5) is 26.7. The van der Waals surface area contributed by atoms with Crippen LogP contribution in [0.3, 0.4) is 0 Å². The number of hydrogen-bond acceptors (Lipinski definition) is 6. The highest BCUT2D eigenvalue weighted by Crippen LogP contribution is 2.39. The zero-order valence-corrected chi connectivity index (χ0v) is 19.0. The standard InChI is InChI=1S/C23H22N2O5S2/c1-2-30-23(27)20-18-12-7-13-19(18)31-22(20)24-21(26)15-8-6-9-16(14-15)25-32(28,29)17-10-4-3-5-11-17/h3-6,8-11,14,25H,2,7,12-13H2,1H3,(H,24,26). The predicted molar refractivity (Wildman–Crippen MR) is 124 cm³/mol. The van der Waals surface area contributed by atoms with Gasteiger partial charge < -0.3 is 10.1 Å². The van der Waals surface area contributed by atoms with Crippen molar-refractivity contribution < 1.29 is 22.7 Å². The lowest BCUT2D eigenvalue weighted by Crippen LogP contribution is -2.16. The normalized spacial score (nSPS) is 12.8. The molecule has 32 heavy (non-hydrogen) atoms. The fourth-order valence-electron chi connectivity index (χ4n) is 3.62. The first-order valence-corrected chi connectivity index (χ1v) is 12.5. The second kappa shape index (κ2) is 9.13. The molecule has 0 bridgehead atoms. The SMILES string of the molecule is CCOC(=O)c1c(NC(=O)c2cccc(NS(=O)(=O)c3ccccc3)c2)sc2c1CCC2. The van der Waals surface area contributed by atoms with Crippen LogP contribution in [0.4, 0.5) is 10.7 Å². The molecule has 2 aromatic carbocycles. The Morgan fingerprint density at radius 3 is 2.59 bits per heavy atom. The van der Waals surface area contributed by atoms with Crippen LogP contribution >= 0.6 is 11.3 Å². The lowest BCUT2D eigenvalue weighted by molar-refractivity contribution is 0.0527. The topological polar surface area (TPSA) is 102 Å². The van der Waals surface area contributed by atoms with Crippen molar-refractivity contribution in [3.8, 4) is 0 Å². The highest BCUT2D eigenvalue weighted by Gasteiger charge is 2.28. The molecule has 0 aliphatic heterocycles. The lowest BCUT2D eigenvalue weighted by atomic mass is 10.1. The highest BCUT2D eigenvalue weighted by molar-refractivity contribution is 7.92. The van der Waals surface area contributed by atoms with Gasteiger partial charge in [0.2, 0.25) is 0 Å². The maximum atomic E-state index is 12.9. The number of amides is 1. The number of thiophene rings is 1. The highest BCUT2D eigenvalue weighted by atomic mass is 32.2. The summed E-state index contributed by atoms with van der Waals surface area (Å²) in [5.74, 6) is -0.872. The lowest BCUT2D eigenvalue weighted by Gasteiger charge is -2.11. The molecule has 1 amide bonds. The first kappa shape index (κ1) is 22.0. The molecule has 1 aliphatic rings. The van der Waals surface area contributed by atoms with Crippen molar-refractivity contribution >= 4 is 43.9 Å². The van der Waals surface area contributed by atoms with Crippen molar-refractivity contribution in [1.29, 1.82) is 0 Å². The smallest absolute Gasteiger partial charge is 0.341 e. The van der Waals surface area contributed by atoms with Crippen molar-refractivity contribution in [2.75, 3.05) is 16.6 Å². The van der Waals surface area contributed by atoms with Gasteiger partial charge >= 0.3 is 5.97 Å². The number of nitrogens with one attached hydrogen (secondary N) is 2. The second-order valence-electron chi connectivity index (χ2n) is 7.24. The monoisotopic (exact) mass is 470 g/mol. The van der Waals surface area contributed by atoms with Crippen LogP contribution in [-0.4, -0.2) is 26.9 Å². The minimum atomic E-state index is -3.78. The van der Waals surface area contributed by atoms with Gasteiger partial charge in [0, 0.05) is 16.1 Å². The van der Waals surface area contributed by atoms with Crippen LogP contribution in [-0.2, 0) is 27.6 Å². The molecule has 0 saturated carbocycles. The number of sulfonamides is 1. The van der Waals surface area contributed by atoms with E-state index in [0.29, 0.717) is 10.6 Å². The van der Waals surface area contributed by atoms with Crippen LogP contribution < -0.4 is 10.0 Å². The van der Waals surface area contributed by atoms with Crippen LogP contribution in [0.2, 0.25) is 0 Å². The van der Waals surface area contributed by atoms with E-state index in [1.807, 2.05) is 0 Å². The number of carbonyl (C=O) groups excluding carboxylic acids is 2. The Labute approximate surface area is 190 Å². The Bertz CT molecular complexity index is 1270. The minimum absolute atomic E-state index is 0.127. The van der Waals surface area contributed by atoms with Crippen LogP contribution in [0.1, 0.15) is 44.5 Å². The van der Waals surface area contributed by atoms with Crippen molar-refractivity contribution in [3.05, 3.63) is 76.2 Å². The number of aryl methyl sites for hydroxylation is 1. The average molecular weight is 471 g/mol. The van der Waals surface area contributed by atoms with Crippen LogP contribution in [0.5, 0.6) is 0 Å². The summed E-state index contributed by atoms with van der Waals surface area (Å²) in [6, 6.07) is 14.2. The summed E-state index contributed by atoms with van der Waals surface area (Å²) in [6.07, 6.45) is 2.64. The van der Waals surface area contributed by atoms with Gasteiger partial charge in [0.25, 0.3) is 15.9 Å². The Hall–Kier alpha value is -3.17. The summed E-state index contributed by atoms with van der Waals surface area (Å²) in [5.41, 5.74) is 1.91. The van der Waals surface area contributed by atoms with E-state index < -0.39 is 21.9 Å². The van der Waals surface area contributed by atoms with Gasteiger partial charge in [-0.1, -0.05) is 24.3 Å². The first-order chi connectivity index (χ1) is 15.4. The molecule has 0 fully saturated rings. The molecule has 0 atom stereocenters. The molecule has 4 rings (SSSR count). The zero-order chi connectivity index (χ0) is 22.7. The van der Waals surface area contributed by atoms with Gasteiger partial charge in [-0.05, 0) is 62.1 Å². The summed E-state index contributed by atoms with van der Waals surface area (Å²) in [7, 11) is -3.78. The van der Waals surface area contributed by atoms with E-state index in [2.05, 4.69) is 10.0 Å². The van der Waals surface area contributed by atoms with Crippen molar-refractivity contribution in [1.82, 2.24) is 0 Å². The molecule has 1 heterocycles. The number of carbonyl (C=O) groups is 2. The quantitative estimate of drug-likeness (QED) is 0.496.